The molecule has 0 radical (unpaired) electrons. The number of fused-ring (bicyclic) bond motifs is 1. The van der Waals surface area contributed by atoms with Gasteiger partial charge in [-0.15, -0.1) is 0 Å². The smallest absolute Gasteiger partial charge is 0.422 e. The Labute approximate surface area is 201 Å². The van der Waals surface area contributed by atoms with Gasteiger partial charge in [-0.1, -0.05) is 12.1 Å². The van der Waals surface area contributed by atoms with Crippen molar-refractivity contribution in [3.8, 4) is 17.4 Å². The van der Waals surface area contributed by atoms with Gasteiger partial charge in [0.05, 0.1) is 12.5 Å². The van der Waals surface area contributed by atoms with Gasteiger partial charge in [0.15, 0.2) is 12.5 Å². The Morgan fingerprint density at radius 3 is 2.22 bits per heavy atom. The van der Waals surface area contributed by atoms with Crippen molar-refractivity contribution >= 4 is 23.4 Å². The molecule has 0 atom stereocenters. The van der Waals surface area contributed by atoms with Crippen LogP contribution < -0.4 is 29.7 Å². The number of allylic oxidation sites excluding steroid dienone is 1. The Bertz CT molecular complexity index is 1410. The minimum atomic E-state index is -4.57. The van der Waals surface area contributed by atoms with Crippen LogP contribution in [0.25, 0.3) is 11.8 Å². The Morgan fingerprint density at radius 1 is 0.972 bits per heavy atom. The van der Waals surface area contributed by atoms with Crippen LogP contribution in [0.2, 0.25) is 0 Å². The molecule has 2 heterocycles. The molecule has 0 unspecified atom stereocenters. The zero-order valence-corrected chi connectivity index (χ0v) is 18.6. The second-order valence-electron chi connectivity index (χ2n) is 7.42. The highest BCUT2D eigenvalue weighted by atomic mass is 19.4. The predicted molar refractivity (Wildman–Crippen MR) is 120 cm³/mol. The molecule has 0 bridgehead atoms. The van der Waals surface area contributed by atoms with Crippen LogP contribution in [0.1, 0.15) is 5.56 Å². The molecule has 1 aromatic heterocycles. The molecule has 1 aliphatic rings. The number of anilines is 1. The van der Waals surface area contributed by atoms with Gasteiger partial charge in [-0.2, -0.15) is 22.0 Å². The van der Waals surface area contributed by atoms with E-state index in [1.165, 1.54) is 48.4 Å². The number of methoxy groups -OCH3 is 1. The van der Waals surface area contributed by atoms with Crippen molar-refractivity contribution in [3.05, 3.63) is 82.5 Å². The second kappa shape index (κ2) is 10.1. The highest BCUT2D eigenvalue weighted by Gasteiger charge is 2.29. The monoisotopic (exact) mass is 504 g/mol. The van der Waals surface area contributed by atoms with Gasteiger partial charge in [-0.05, 0) is 48.0 Å². The van der Waals surface area contributed by atoms with Crippen LogP contribution in [-0.4, -0.2) is 37.4 Å². The van der Waals surface area contributed by atoms with Crippen molar-refractivity contribution in [2.24, 2.45) is 0 Å². The van der Waals surface area contributed by atoms with Gasteiger partial charge in [0.1, 0.15) is 17.2 Å². The summed E-state index contributed by atoms with van der Waals surface area (Å²) in [7, 11) is 1.51. The molecule has 1 aliphatic heterocycles. The molecular formula is C25H17F5N2O4. The van der Waals surface area contributed by atoms with E-state index >= 15 is 0 Å². The first kappa shape index (κ1) is 24.7. The van der Waals surface area contributed by atoms with Crippen LogP contribution in [-0.2, 0) is 4.79 Å². The summed E-state index contributed by atoms with van der Waals surface area (Å²) in [6.45, 7) is -4.58. The topological polar surface area (TPSA) is 60.9 Å². The number of hydrogen-bond acceptors (Lipinski definition) is 6. The summed E-state index contributed by atoms with van der Waals surface area (Å²) in [5.74, 6) is 2.03. The average Bonchev–Trinajstić information content (AvgIpc) is 2.86. The van der Waals surface area contributed by atoms with Gasteiger partial charge < -0.3 is 19.1 Å². The standard InChI is InChI=1S/C25H17F5N2O4/c1-34-18-9-5-17(6-10-18)32-12-16-4-11-21(35-14-25(28,29)30)31-23(16)22(20(32)13-33)15-2-7-19(8-3-15)36-24(26)27/h2-12,24H,14H2,1H3. The number of halogens is 5. The van der Waals surface area contributed by atoms with E-state index in [0.717, 1.165) is 0 Å². The van der Waals surface area contributed by atoms with E-state index in [1.807, 2.05) is 5.94 Å². The van der Waals surface area contributed by atoms with E-state index in [1.54, 1.807) is 30.5 Å². The van der Waals surface area contributed by atoms with E-state index < -0.39 is 19.4 Å². The third kappa shape index (κ3) is 5.47. The van der Waals surface area contributed by atoms with Crippen molar-refractivity contribution < 1.29 is 41.0 Å². The van der Waals surface area contributed by atoms with Gasteiger partial charge in [-0.25, -0.2) is 9.78 Å². The highest BCUT2D eigenvalue weighted by Crippen LogP contribution is 2.31. The molecule has 0 saturated carbocycles. The first-order valence-electron chi connectivity index (χ1n) is 10.4. The normalized spacial score (nSPS) is 13.1. The SMILES string of the molecule is COc1ccc(N2C=c3ccc(OCC(F)(F)F)nc3=C(c3ccc(OC(F)F)cc3)C2=C=O)cc1. The minimum absolute atomic E-state index is 0.00401. The zero-order chi connectivity index (χ0) is 25.9. The lowest BCUT2D eigenvalue weighted by Crippen LogP contribution is -2.40. The number of pyridine rings is 1. The number of rotatable bonds is 7. The summed E-state index contributed by atoms with van der Waals surface area (Å²) >= 11 is 0. The Kier molecular flexibility index (Phi) is 6.93. The fraction of sp³-hybridized carbons (Fsp3) is 0.160. The second-order valence-corrected chi connectivity index (χ2v) is 7.42. The van der Waals surface area contributed by atoms with Gasteiger partial charge >= 0.3 is 12.8 Å². The summed E-state index contributed by atoms with van der Waals surface area (Å²) in [5, 5.41) is 0.618. The third-order valence-electron chi connectivity index (χ3n) is 5.08. The largest absolute Gasteiger partial charge is 0.497 e. The molecule has 0 aliphatic carbocycles. The van der Waals surface area contributed by atoms with Gasteiger partial charge in [0, 0.05) is 28.7 Å². The fourth-order valence-electron chi connectivity index (χ4n) is 3.55. The molecule has 4 rings (SSSR count). The molecule has 36 heavy (non-hydrogen) atoms. The molecular weight excluding hydrogens is 487 g/mol. The fourth-order valence-corrected chi connectivity index (χ4v) is 3.55. The number of carbonyl (C=O) groups excluding carboxylic acids is 1. The Hall–Kier alpha value is -4.37. The summed E-state index contributed by atoms with van der Waals surface area (Å²) < 4.78 is 77.5. The molecule has 6 nitrogen and oxygen atoms in total. The van der Waals surface area contributed by atoms with E-state index in [9.17, 15) is 26.7 Å². The molecule has 186 valence electrons. The van der Waals surface area contributed by atoms with Crippen LogP contribution in [0.3, 0.4) is 0 Å². The number of ether oxygens (including phenoxy) is 3. The third-order valence-corrected chi connectivity index (χ3v) is 5.08. The number of aromatic nitrogens is 1. The molecule has 0 amide bonds. The van der Waals surface area contributed by atoms with Gasteiger partial charge in [0.25, 0.3) is 0 Å². The van der Waals surface area contributed by atoms with Gasteiger partial charge in [-0.3, -0.25) is 0 Å². The average molecular weight is 504 g/mol. The number of hydrogen-bond donors (Lipinski definition) is 0. The molecule has 0 spiro atoms. The van der Waals surface area contributed by atoms with E-state index in [2.05, 4.69) is 9.72 Å². The number of alkyl halides is 5. The maximum Gasteiger partial charge on any atom is 0.422 e. The molecule has 2 aromatic carbocycles. The van der Waals surface area contributed by atoms with Crippen molar-refractivity contribution in [1.82, 2.24) is 4.98 Å². The zero-order valence-electron chi connectivity index (χ0n) is 18.6. The highest BCUT2D eigenvalue weighted by molar-refractivity contribution is 5.95. The van der Waals surface area contributed by atoms with Crippen molar-refractivity contribution in [3.63, 3.8) is 0 Å². The van der Waals surface area contributed by atoms with Crippen molar-refractivity contribution in [2.45, 2.75) is 12.8 Å². The summed E-state index contributed by atoms with van der Waals surface area (Å²) in [6, 6.07) is 14.9. The summed E-state index contributed by atoms with van der Waals surface area (Å²) in [5.41, 5.74) is 1.13. The number of nitrogens with zero attached hydrogens (tertiary/aromatic N) is 2. The minimum Gasteiger partial charge on any atom is -0.497 e. The van der Waals surface area contributed by atoms with Crippen LogP contribution in [0.4, 0.5) is 27.6 Å². The van der Waals surface area contributed by atoms with Crippen LogP contribution in [0, 0.1) is 0 Å². The quantitative estimate of drug-likeness (QED) is 0.361. The first-order chi connectivity index (χ1) is 17.2. The summed E-state index contributed by atoms with van der Waals surface area (Å²) in [6.07, 6.45) is -2.99. The number of benzene rings is 2. The first-order valence-corrected chi connectivity index (χ1v) is 10.4. The molecule has 0 saturated heterocycles. The Morgan fingerprint density at radius 2 is 1.64 bits per heavy atom. The van der Waals surface area contributed by atoms with Crippen LogP contribution >= 0.6 is 0 Å². The van der Waals surface area contributed by atoms with E-state index in [-0.39, 0.29) is 28.2 Å². The molecule has 11 heteroatoms. The predicted octanol–water partition coefficient (Wildman–Crippen LogP) is 3.81. The van der Waals surface area contributed by atoms with Crippen LogP contribution in [0.15, 0.2) is 66.4 Å². The van der Waals surface area contributed by atoms with E-state index in [4.69, 9.17) is 9.47 Å². The van der Waals surface area contributed by atoms with Crippen LogP contribution in [0.5, 0.6) is 17.4 Å². The van der Waals surface area contributed by atoms with Gasteiger partial charge in [0.2, 0.25) is 5.88 Å². The molecule has 0 N–H and O–H groups in total. The Balaban J connectivity index is 1.89. The maximum absolute atomic E-state index is 12.7. The molecule has 0 fully saturated rings. The lowest BCUT2D eigenvalue weighted by molar-refractivity contribution is -0.154. The lowest BCUT2D eigenvalue weighted by atomic mass is 9.98. The van der Waals surface area contributed by atoms with Crippen molar-refractivity contribution in [1.29, 1.82) is 0 Å². The molecule has 3 aromatic rings. The maximum atomic E-state index is 12.7. The van der Waals surface area contributed by atoms with E-state index in [0.29, 0.717) is 22.2 Å². The van der Waals surface area contributed by atoms with Crippen molar-refractivity contribution in [2.75, 3.05) is 18.6 Å². The lowest BCUT2D eigenvalue weighted by Gasteiger charge is -2.26. The summed E-state index contributed by atoms with van der Waals surface area (Å²) in [4.78, 5) is 18.0.